The molecule has 0 spiro atoms. The van der Waals surface area contributed by atoms with Gasteiger partial charge in [0.25, 0.3) is 0 Å². The molecule has 1 aromatic carbocycles. The molecular weight excluding hydrogens is 472 g/mol. The van der Waals surface area contributed by atoms with Crippen LogP contribution in [-0.2, 0) is 6.54 Å². The third-order valence-corrected chi connectivity index (χ3v) is 4.51. The number of hydrogen-bond donors (Lipinski definition) is 1. The van der Waals surface area contributed by atoms with Crippen LogP contribution < -0.4 is 15.0 Å². The molecule has 1 N–H and O–H groups in total. The van der Waals surface area contributed by atoms with E-state index in [4.69, 9.17) is 4.74 Å². The largest absolute Gasteiger partial charge is 0.491 e. The van der Waals surface area contributed by atoms with Crippen molar-refractivity contribution in [3.63, 3.8) is 0 Å². The standard InChI is InChI=1S/C20H26FN5O.HI/c1-3-27-18-8-7-16(14-17(18)21)15-24-20(22-2)26-12-10-25(11-13-26)19-6-4-5-9-23-19;/h4-9,14H,3,10-13,15H2,1-2H3,(H,22,24);1H. The first-order valence-electron chi connectivity index (χ1n) is 9.24. The number of halogens is 2. The van der Waals surface area contributed by atoms with Crippen LogP contribution in [0.4, 0.5) is 10.2 Å². The van der Waals surface area contributed by atoms with Crippen molar-refractivity contribution in [1.82, 2.24) is 15.2 Å². The van der Waals surface area contributed by atoms with Gasteiger partial charge in [0.2, 0.25) is 0 Å². The molecule has 0 aliphatic carbocycles. The van der Waals surface area contributed by atoms with Gasteiger partial charge in [-0.25, -0.2) is 9.37 Å². The van der Waals surface area contributed by atoms with Crippen molar-refractivity contribution in [2.75, 3.05) is 44.7 Å². The van der Waals surface area contributed by atoms with Crippen LogP contribution in [0, 0.1) is 5.82 Å². The third kappa shape index (κ3) is 5.70. The van der Waals surface area contributed by atoms with Crippen molar-refractivity contribution in [2.24, 2.45) is 4.99 Å². The number of piperazine rings is 1. The maximum absolute atomic E-state index is 14.0. The van der Waals surface area contributed by atoms with Gasteiger partial charge in [-0.1, -0.05) is 12.1 Å². The highest BCUT2D eigenvalue weighted by molar-refractivity contribution is 14.0. The average Bonchev–Trinajstić information content (AvgIpc) is 2.71. The van der Waals surface area contributed by atoms with Gasteiger partial charge < -0.3 is 19.9 Å². The Morgan fingerprint density at radius 2 is 2.00 bits per heavy atom. The zero-order valence-corrected chi connectivity index (χ0v) is 18.6. The van der Waals surface area contributed by atoms with E-state index >= 15 is 0 Å². The number of guanidine groups is 1. The van der Waals surface area contributed by atoms with Gasteiger partial charge in [0.15, 0.2) is 17.5 Å². The number of anilines is 1. The summed E-state index contributed by atoms with van der Waals surface area (Å²) in [5, 5.41) is 3.32. The van der Waals surface area contributed by atoms with Crippen LogP contribution in [0.15, 0.2) is 47.6 Å². The molecule has 1 aliphatic rings. The number of ether oxygens (including phenoxy) is 1. The van der Waals surface area contributed by atoms with E-state index in [1.807, 2.05) is 37.4 Å². The summed E-state index contributed by atoms with van der Waals surface area (Å²) in [6, 6.07) is 11.0. The molecule has 152 valence electrons. The Balaban J connectivity index is 0.00000280. The monoisotopic (exact) mass is 499 g/mol. The molecule has 28 heavy (non-hydrogen) atoms. The fourth-order valence-electron chi connectivity index (χ4n) is 3.13. The lowest BCUT2D eigenvalue weighted by molar-refractivity contribution is 0.321. The first-order chi connectivity index (χ1) is 13.2. The molecular formula is C20H27FIN5O. The second kappa shape index (κ2) is 11.0. The summed E-state index contributed by atoms with van der Waals surface area (Å²) < 4.78 is 19.2. The quantitative estimate of drug-likeness (QED) is 0.390. The topological polar surface area (TPSA) is 53.0 Å². The SMILES string of the molecule is CCOc1ccc(CNC(=NC)N2CCN(c3ccccn3)CC2)cc1F.I. The Hall–Kier alpha value is -2.10. The van der Waals surface area contributed by atoms with E-state index in [-0.39, 0.29) is 35.5 Å². The number of nitrogens with one attached hydrogen (secondary N) is 1. The first kappa shape index (κ1) is 22.2. The van der Waals surface area contributed by atoms with Gasteiger partial charge in [0.05, 0.1) is 6.61 Å². The summed E-state index contributed by atoms with van der Waals surface area (Å²) in [5.74, 6) is 1.78. The minimum atomic E-state index is -0.338. The normalized spacial score (nSPS) is 14.5. The van der Waals surface area contributed by atoms with Crippen LogP contribution in [0.25, 0.3) is 0 Å². The van der Waals surface area contributed by atoms with E-state index in [1.54, 1.807) is 13.1 Å². The highest BCUT2D eigenvalue weighted by Crippen LogP contribution is 2.18. The number of rotatable bonds is 5. The number of aliphatic imine (C=N–C) groups is 1. The van der Waals surface area contributed by atoms with E-state index < -0.39 is 0 Å². The molecule has 1 aromatic heterocycles. The minimum Gasteiger partial charge on any atom is -0.491 e. The van der Waals surface area contributed by atoms with E-state index in [0.29, 0.717) is 13.2 Å². The van der Waals surface area contributed by atoms with Crippen molar-refractivity contribution in [1.29, 1.82) is 0 Å². The second-order valence-corrected chi connectivity index (χ2v) is 6.26. The summed E-state index contributed by atoms with van der Waals surface area (Å²) in [6.45, 7) is 6.28. The molecule has 0 bridgehead atoms. The molecule has 2 aromatic rings. The van der Waals surface area contributed by atoms with Crippen molar-refractivity contribution >= 4 is 35.8 Å². The van der Waals surface area contributed by atoms with E-state index in [0.717, 1.165) is 43.5 Å². The highest BCUT2D eigenvalue weighted by atomic mass is 127. The first-order valence-corrected chi connectivity index (χ1v) is 9.24. The smallest absolute Gasteiger partial charge is 0.194 e. The molecule has 1 fully saturated rings. The van der Waals surface area contributed by atoms with Gasteiger partial charge in [0.1, 0.15) is 5.82 Å². The van der Waals surface area contributed by atoms with Crippen molar-refractivity contribution < 1.29 is 9.13 Å². The zero-order valence-electron chi connectivity index (χ0n) is 16.3. The number of pyridine rings is 1. The van der Waals surface area contributed by atoms with Crippen LogP contribution >= 0.6 is 24.0 Å². The summed E-state index contributed by atoms with van der Waals surface area (Å²) in [4.78, 5) is 13.3. The van der Waals surface area contributed by atoms with Gasteiger partial charge in [0, 0.05) is 46.0 Å². The van der Waals surface area contributed by atoms with Gasteiger partial charge in [-0.3, -0.25) is 4.99 Å². The molecule has 1 saturated heterocycles. The van der Waals surface area contributed by atoms with Crippen LogP contribution in [0.3, 0.4) is 0 Å². The minimum absolute atomic E-state index is 0. The van der Waals surface area contributed by atoms with Gasteiger partial charge in [-0.2, -0.15) is 0 Å². The number of benzene rings is 1. The molecule has 0 atom stereocenters. The molecule has 6 nitrogen and oxygen atoms in total. The molecule has 1 aliphatic heterocycles. The summed E-state index contributed by atoms with van der Waals surface area (Å²) in [7, 11) is 1.77. The number of aromatic nitrogens is 1. The summed E-state index contributed by atoms with van der Waals surface area (Å²) in [5.41, 5.74) is 0.851. The number of nitrogens with zero attached hydrogens (tertiary/aromatic N) is 4. The molecule has 0 saturated carbocycles. The predicted molar refractivity (Wildman–Crippen MR) is 121 cm³/mol. The predicted octanol–water partition coefficient (Wildman–Crippen LogP) is 3.14. The van der Waals surface area contributed by atoms with Crippen LogP contribution in [0.2, 0.25) is 0 Å². The maximum atomic E-state index is 14.0. The van der Waals surface area contributed by atoms with Crippen LogP contribution in [0.5, 0.6) is 5.75 Å². The molecule has 0 amide bonds. The molecule has 3 rings (SSSR count). The fraction of sp³-hybridized carbons (Fsp3) is 0.400. The van der Waals surface area contributed by atoms with E-state index in [1.165, 1.54) is 6.07 Å². The maximum Gasteiger partial charge on any atom is 0.194 e. The van der Waals surface area contributed by atoms with Crippen LogP contribution in [0.1, 0.15) is 12.5 Å². The Morgan fingerprint density at radius 1 is 1.21 bits per heavy atom. The highest BCUT2D eigenvalue weighted by Gasteiger charge is 2.20. The lowest BCUT2D eigenvalue weighted by atomic mass is 10.2. The second-order valence-electron chi connectivity index (χ2n) is 6.26. The Kier molecular flexibility index (Phi) is 8.75. The molecule has 0 radical (unpaired) electrons. The van der Waals surface area contributed by atoms with E-state index in [9.17, 15) is 4.39 Å². The average molecular weight is 499 g/mol. The summed E-state index contributed by atoms with van der Waals surface area (Å²) in [6.07, 6.45) is 1.82. The third-order valence-electron chi connectivity index (χ3n) is 4.51. The Bertz CT molecular complexity index is 766. The molecule has 0 unspecified atom stereocenters. The van der Waals surface area contributed by atoms with Crippen LogP contribution in [-0.4, -0.2) is 55.7 Å². The van der Waals surface area contributed by atoms with Gasteiger partial charge >= 0.3 is 0 Å². The number of hydrogen-bond acceptors (Lipinski definition) is 4. The summed E-state index contributed by atoms with van der Waals surface area (Å²) >= 11 is 0. The molecule has 2 heterocycles. The fourth-order valence-corrected chi connectivity index (χ4v) is 3.13. The van der Waals surface area contributed by atoms with E-state index in [2.05, 4.69) is 25.1 Å². The van der Waals surface area contributed by atoms with Crippen molar-refractivity contribution in [3.05, 3.63) is 54.0 Å². The van der Waals surface area contributed by atoms with Crippen molar-refractivity contribution in [3.8, 4) is 5.75 Å². The Labute approximate surface area is 182 Å². The lowest BCUT2D eigenvalue weighted by Crippen LogP contribution is -2.52. The van der Waals surface area contributed by atoms with Gasteiger partial charge in [-0.05, 0) is 36.8 Å². The lowest BCUT2D eigenvalue weighted by Gasteiger charge is -2.37. The molecule has 8 heteroatoms. The van der Waals surface area contributed by atoms with Gasteiger partial charge in [-0.15, -0.1) is 24.0 Å². The Morgan fingerprint density at radius 3 is 2.61 bits per heavy atom. The van der Waals surface area contributed by atoms with Crippen molar-refractivity contribution in [2.45, 2.75) is 13.5 Å². The zero-order chi connectivity index (χ0) is 19.1.